The summed E-state index contributed by atoms with van der Waals surface area (Å²) in [5, 5.41) is 8.60. The average molecular weight is 222 g/mol. The Labute approximate surface area is 89.1 Å². The second-order valence-electron chi connectivity index (χ2n) is 3.06. The Bertz CT molecular complexity index is 172. The highest BCUT2D eigenvalue weighted by molar-refractivity contribution is 5.60. The van der Waals surface area contributed by atoms with Gasteiger partial charge in [-0.05, 0) is 13.8 Å². The minimum atomic E-state index is -0.815. The Morgan fingerprint density at radius 3 is 2.53 bits per heavy atom. The Kier molecular flexibility index (Phi) is 7.98. The molecule has 2 atom stereocenters. The maximum absolute atomic E-state index is 10.9. The van der Waals surface area contributed by atoms with Gasteiger partial charge in [-0.1, -0.05) is 0 Å². The van der Waals surface area contributed by atoms with Crippen LogP contribution in [-0.4, -0.2) is 50.6 Å². The zero-order valence-electron chi connectivity index (χ0n) is 9.26. The lowest BCUT2D eigenvalue weighted by molar-refractivity contribution is -0.0885. The first-order chi connectivity index (χ1) is 7.10. The maximum atomic E-state index is 10.9. The van der Waals surface area contributed by atoms with Gasteiger partial charge >= 0.3 is 6.16 Å². The summed E-state index contributed by atoms with van der Waals surface area (Å²) in [5.74, 6) is 0. The smallest absolute Gasteiger partial charge is 0.432 e. The minimum Gasteiger partial charge on any atom is -0.432 e. The number of hydrogen-bond donors (Lipinski definition) is 1. The molecule has 0 aromatic carbocycles. The summed E-state index contributed by atoms with van der Waals surface area (Å²) in [6.07, 6.45) is -1.64. The number of rotatable bonds is 7. The van der Waals surface area contributed by atoms with Gasteiger partial charge in [-0.25, -0.2) is 4.79 Å². The van der Waals surface area contributed by atoms with E-state index in [0.29, 0.717) is 0 Å². The second-order valence-corrected chi connectivity index (χ2v) is 3.06. The van der Waals surface area contributed by atoms with Crippen molar-refractivity contribution in [2.24, 2.45) is 0 Å². The van der Waals surface area contributed by atoms with Crippen LogP contribution >= 0.6 is 0 Å². The summed E-state index contributed by atoms with van der Waals surface area (Å²) in [6.45, 7) is 3.30. The van der Waals surface area contributed by atoms with Crippen LogP contribution in [-0.2, 0) is 18.9 Å². The SMILES string of the molecule is COCOC(C)COC(=O)OC(C)CO. The maximum Gasteiger partial charge on any atom is 0.508 e. The summed E-state index contributed by atoms with van der Waals surface area (Å²) in [5.41, 5.74) is 0. The van der Waals surface area contributed by atoms with E-state index in [9.17, 15) is 4.79 Å². The van der Waals surface area contributed by atoms with Crippen LogP contribution in [0.3, 0.4) is 0 Å². The van der Waals surface area contributed by atoms with Crippen LogP contribution < -0.4 is 0 Å². The van der Waals surface area contributed by atoms with E-state index in [1.165, 1.54) is 7.11 Å². The predicted octanol–water partition coefficient (Wildman–Crippen LogP) is 0.529. The number of aliphatic hydroxyl groups excluding tert-OH is 1. The highest BCUT2D eigenvalue weighted by Crippen LogP contribution is 1.97. The Morgan fingerprint density at radius 2 is 2.00 bits per heavy atom. The van der Waals surface area contributed by atoms with Crippen molar-refractivity contribution in [3.05, 3.63) is 0 Å². The summed E-state index contributed by atoms with van der Waals surface area (Å²) in [7, 11) is 1.50. The number of carbonyl (C=O) groups excluding carboxylic acids is 1. The van der Waals surface area contributed by atoms with Crippen LogP contribution in [0.15, 0.2) is 0 Å². The molecule has 0 fully saturated rings. The van der Waals surface area contributed by atoms with Crippen LogP contribution in [0, 0.1) is 0 Å². The molecule has 0 aromatic heterocycles. The number of ether oxygens (including phenoxy) is 4. The molecule has 0 aliphatic rings. The predicted molar refractivity (Wildman–Crippen MR) is 51.4 cm³/mol. The molecule has 0 radical (unpaired) electrons. The molecule has 0 saturated heterocycles. The van der Waals surface area contributed by atoms with Gasteiger partial charge in [-0.15, -0.1) is 0 Å². The van der Waals surface area contributed by atoms with Gasteiger partial charge in [-0.2, -0.15) is 0 Å². The molecule has 0 amide bonds. The van der Waals surface area contributed by atoms with E-state index in [1.54, 1.807) is 13.8 Å². The van der Waals surface area contributed by atoms with Crippen LogP contribution in [0.1, 0.15) is 13.8 Å². The zero-order chi connectivity index (χ0) is 11.7. The van der Waals surface area contributed by atoms with Crippen LogP contribution in [0.2, 0.25) is 0 Å². The molecule has 0 aromatic rings. The summed E-state index contributed by atoms with van der Waals surface area (Å²) in [6, 6.07) is 0. The largest absolute Gasteiger partial charge is 0.508 e. The van der Waals surface area contributed by atoms with Crippen LogP contribution in [0.5, 0.6) is 0 Å². The molecular formula is C9H18O6. The van der Waals surface area contributed by atoms with Crippen molar-refractivity contribution in [2.75, 3.05) is 27.1 Å². The summed E-state index contributed by atoms with van der Waals surface area (Å²) >= 11 is 0. The van der Waals surface area contributed by atoms with Crippen molar-refractivity contribution in [1.29, 1.82) is 0 Å². The van der Waals surface area contributed by atoms with Crippen molar-refractivity contribution >= 4 is 6.16 Å². The fourth-order valence-electron chi connectivity index (χ4n) is 0.653. The molecule has 6 nitrogen and oxygen atoms in total. The lowest BCUT2D eigenvalue weighted by Gasteiger charge is -2.14. The lowest BCUT2D eigenvalue weighted by Crippen LogP contribution is -2.24. The first-order valence-electron chi connectivity index (χ1n) is 4.65. The summed E-state index contributed by atoms with van der Waals surface area (Å²) < 4.78 is 19.1. The van der Waals surface area contributed by atoms with Gasteiger partial charge < -0.3 is 24.1 Å². The van der Waals surface area contributed by atoms with E-state index < -0.39 is 12.3 Å². The van der Waals surface area contributed by atoms with E-state index in [0.717, 1.165) is 0 Å². The van der Waals surface area contributed by atoms with E-state index in [1.807, 2.05) is 0 Å². The molecule has 15 heavy (non-hydrogen) atoms. The molecule has 1 N–H and O–H groups in total. The fraction of sp³-hybridized carbons (Fsp3) is 0.889. The third-order valence-electron chi connectivity index (χ3n) is 1.46. The van der Waals surface area contributed by atoms with Crippen LogP contribution in [0.4, 0.5) is 4.79 Å². The van der Waals surface area contributed by atoms with Crippen LogP contribution in [0.25, 0.3) is 0 Å². The fourth-order valence-corrected chi connectivity index (χ4v) is 0.653. The normalized spacial score (nSPS) is 14.4. The van der Waals surface area contributed by atoms with E-state index >= 15 is 0 Å². The van der Waals surface area contributed by atoms with Crippen molar-refractivity contribution in [3.63, 3.8) is 0 Å². The Hall–Kier alpha value is -0.850. The van der Waals surface area contributed by atoms with E-state index in [-0.39, 0.29) is 26.1 Å². The first-order valence-corrected chi connectivity index (χ1v) is 4.65. The second kappa shape index (κ2) is 8.46. The standard InChI is InChI=1S/C9H18O6/c1-7(4-10)15-9(11)13-5-8(2)14-6-12-3/h7-8,10H,4-6H2,1-3H3. The molecule has 6 heteroatoms. The molecule has 0 spiro atoms. The Balaban J connectivity index is 3.52. The monoisotopic (exact) mass is 222 g/mol. The number of hydrogen-bond acceptors (Lipinski definition) is 6. The third-order valence-corrected chi connectivity index (χ3v) is 1.46. The summed E-state index contributed by atoms with van der Waals surface area (Å²) in [4.78, 5) is 10.9. The average Bonchev–Trinajstić information content (AvgIpc) is 2.23. The molecule has 0 aliphatic heterocycles. The number of methoxy groups -OCH3 is 1. The van der Waals surface area contributed by atoms with Gasteiger partial charge in [0.1, 0.15) is 19.5 Å². The molecule has 0 rings (SSSR count). The topological polar surface area (TPSA) is 74.2 Å². The molecule has 90 valence electrons. The molecule has 0 aliphatic carbocycles. The van der Waals surface area contributed by atoms with Crippen molar-refractivity contribution < 1.29 is 28.8 Å². The van der Waals surface area contributed by atoms with Gasteiger partial charge in [-0.3, -0.25) is 0 Å². The minimum absolute atomic E-state index is 0.0837. The Morgan fingerprint density at radius 1 is 1.33 bits per heavy atom. The van der Waals surface area contributed by atoms with Crippen molar-refractivity contribution in [1.82, 2.24) is 0 Å². The van der Waals surface area contributed by atoms with Gasteiger partial charge in [0, 0.05) is 7.11 Å². The zero-order valence-corrected chi connectivity index (χ0v) is 9.26. The quantitative estimate of drug-likeness (QED) is 0.500. The van der Waals surface area contributed by atoms with Gasteiger partial charge in [0.05, 0.1) is 12.7 Å². The van der Waals surface area contributed by atoms with E-state index in [2.05, 4.69) is 9.47 Å². The van der Waals surface area contributed by atoms with Crippen molar-refractivity contribution in [3.8, 4) is 0 Å². The van der Waals surface area contributed by atoms with Gasteiger partial charge in [0.2, 0.25) is 0 Å². The van der Waals surface area contributed by atoms with E-state index in [4.69, 9.17) is 14.6 Å². The molecule has 0 saturated carbocycles. The van der Waals surface area contributed by atoms with Gasteiger partial charge in [0.15, 0.2) is 0 Å². The molecular weight excluding hydrogens is 204 g/mol. The lowest BCUT2D eigenvalue weighted by atomic mass is 10.4. The molecule has 0 heterocycles. The number of carbonyl (C=O) groups is 1. The number of aliphatic hydroxyl groups is 1. The highest BCUT2D eigenvalue weighted by atomic mass is 16.7. The van der Waals surface area contributed by atoms with Gasteiger partial charge in [0.25, 0.3) is 0 Å². The third kappa shape index (κ3) is 8.17. The van der Waals surface area contributed by atoms with Crippen molar-refractivity contribution in [2.45, 2.75) is 26.1 Å². The highest BCUT2D eigenvalue weighted by Gasteiger charge is 2.11. The first kappa shape index (κ1) is 14.2. The molecule has 2 unspecified atom stereocenters. The molecule has 0 bridgehead atoms.